The number of aromatic hydroxyl groups is 1. The number of amides is 2. The zero-order valence-electron chi connectivity index (χ0n) is 16.1. The second-order valence-electron chi connectivity index (χ2n) is 8.29. The Balaban J connectivity index is 1.74. The van der Waals surface area contributed by atoms with E-state index < -0.39 is 17.8 Å². The van der Waals surface area contributed by atoms with E-state index in [1.54, 1.807) is 13.0 Å². The van der Waals surface area contributed by atoms with Gasteiger partial charge in [-0.15, -0.1) is 0 Å². The van der Waals surface area contributed by atoms with Crippen molar-refractivity contribution < 1.29 is 24.3 Å². The molecule has 0 saturated carbocycles. The number of carbonyl (C=O) groups excluding carboxylic acids is 4. The molecular weight excluding hydrogens is 406 g/mol. The maximum absolute atomic E-state index is 13.0. The molecule has 6 nitrogen and oxygen atoms in total. The van der Waals surface area contributed by atoms with Gasteiger partial charge in [0.15, 0.2) is 11.6 Å². The molecule has 30 heavy (non-hydrogen) atoms. The van der Waals surface area contributed by atoms with Crippen LogP contribution in [0.25, 0.3) is 0 Å². The Bertz CT molecular complexity index is 1160. The van der Waals surface area contributed by atoms with Gasteiger partial charge < -0.3 is 5.11 Å². The van der Waals surface area contributed by atoms with E-state index in [0.717, 1.165) is 5.57 Å². The molecule has 0 aromatic heterocycles. The van der Waals surface area contributed by atoms with E-state index >= 15 is 0 Å². The first-order valence-electron chi connectivity index (χ1n) is 9.81. The Labute approximate surface area is 177 Å². The highest BCUT2D eigenvalue weighted by Gasteiger charge is 2.53. The fraction of sp³-hybridized carbons (Fsp3) is 0.304. The summed E-state index contributed by atoms with van der Waals surface area (Å²) in [5.41, 5.74) is 2.56. The summed E-state index contributed by atoms with van der Waals surface area (Å²) in [6.07, 6.45) is 3.90. The molecule has 7 heteroatoms. The molecule has 0 spiro atoms. The minimum atomic E-state index is -0.600. The first-order valence-corrected chi connectivity index (χ1v) is 10.2. The molecule has 152 valence electrons. The van der Waals surface area contributed by atoms with Crippen LogP contribution in [0.4, 0.5) is 0 Å². The SMILES string of the molecule is CC1=CC(=O)C2=C(C[C@@H]3C(=CC[C@@H]4C(=O)NC(=O)[C@@H]43)[C@@H]2c2ccc(O)cc2Cl)C1=O. The summed E-state index contributed by atoms with van der Waals surface area (Å²) in [5, 5.41) is 12.5. The van der Waals surface area contributed by atoms with E-state index in [1.807, 2.05) is 6.08 Å². The van der Waals surface area contributed by atoms with Gasteiger partial charge in [0.1, 0.15) is 5.75 Å². The summed E-state index contributed by atoms with van der Waals surface area (Å²) in [6.45, 7) is 1.60. The number of allylic oxidation sites excluding steroid dienone is 6. The molecule has 0 radical (unpaired) electrons. The predicted octanol–water partition coefficient (Wildman–Crippen LogP) is 2.76. The van der Waals surface area contributed by atoms with Gasteiger partial charge in [-0.05, 0) is 49.5 Å². The number of hydrogen-bond acceptors (Lipinski definition) is 5. The third-order valence-corrected chi connectivity index (χ3v) is 7.03. The van der Waals surface area contributed by atoms with Crippen LogP contribution >= 0.6 is 11.6 Å². The largest absolute Gasteiger partial charge is 0.508 e. The van der Waals surface area contributed by atoms with Gasteiger partial charge in [0, 0.05) is 27.7 Å². The fourth-order valence-electron chi connectivity index (χ4n) is 5.40. The van der Waals surface area contributed by atoms with E-state index in [0.29, 0.717) is 28.7 Å². The number of carbonyl (C=O) groups is 4. The number of Topliss-reactive ketones (excluding diaryl/α,β-unsaturated/α-hetero) is 1. The molecule has 4 atom stereocenters. The average molecular weight is 424 g/mol. The molecule has 1 aliphatic heterocycles. The van der Waals surface area contributed by atoms with Crippen LogP contribution in [0.15, 0.2) is 52.6 Å². The summed E-state index contributed by atoms with van der Waals surface area (Å²) in [7, 11) is 0. The van der Waals surface area contributed by atoms with Crippen molar-refractivity contribution >= 4 is 35.0 Å². The van der Waals surface area contributed by atoms with Gasteiger partial charge >= 0.3 is 0 Å². The smallest absolute Gasteiger partial charge is 0.231 e. The summed E-state index contributed by atoms with van der Waals surface area (Å²) in [4.78, 5) is 50.9. The lowest BCUT2D eigenvalue weighted by Gasteiger charge is -2.42. The second-order valence-corrected chi connectivity index (χ2v) is 8.70. The fourth-order valence-corrected chi connectivity index (χ4v) is 5.68. The third kappa shape index (κ3) is 2.56. The van der Waals surface area contributed by atoms with Gasteiger partial charge in [0.2, 0.25) is 11.8 Å². The number of halogens is 1. The number of hydrogen-bond donors (Lipinski definition) is 2. The first kappa shape index (κ1) is 19.0. The van der Waals surface area contributed by atoms with Gasteiger partial charge in [-0.25, -0.2) is 0 Å². The summed E-state index contributed by atoms with van der Waals surface area (Å²) < 4.78 is 0. The van der Waals surface area contributed by atoms with Crippen molar-refractivity contribution in [2.24, 2.45) is 17.8 Å². The average Bonchev–Trinajstić information content (AvgIpc) is 2.99. The van der Waals surface area contributed by atoms with Crippen LogP contribution in [0.3, 0.4) is 0 Å². The van der Waals surface area contributed by atoms with Crippen molar-refractivity contribution in [1.29, 1.82) is 0 Å². The van der Waals surface area contributed by atoms with Gasteiger partial charge in [0.05, 0.1) is 11.8 Å². The van der Waals surface area contributed by atoms with Crippen molar-refractivity contribution in [3.8, 4) is 5.75 Å². The molecular formula is C23H18ClNO5. The highest BCUT2D eigenvalue weighted by atomic mass is 35.5. The van der Waals surface area contributed by atoms with Crippen molar-refractivity contribution in [1.82, 2.24) is 5.32 Å². The van der Waals surface area contributed by atoms with Gasteiger partial charge in [-0.3, -0.25) is 24.5 Å². The number of nitrogens with one attached hydrogen (secondary N) is 1. The molecule has 4 aliphatic rings. The normalized spacial score (nSPS) is 30.3. The summed E-state index contributed by atoms with van der Waals surface area (Å²) in [5.74, 6) is -3.09. The Morgan fingerprint density at radius 3 is 2.60 bits per heavy atom. The molecule has 1 heterocycles. The van der Waals surface area contributed by atoms with Crippen molar-refractivity contribution in [3.05, 3.63) is 63.2 Å². The number of benzene rings is 1. The quantitative estimate of drug-likeness (QED) is 0.411. The molecule has 1 aromatic rings. The number of ketones is 2. The number of phenolic OH excluding ortho intramolecular Hbond substituents is 1. The topological polar surface area (TPSA) is 101 Å². The Hall–Kier alpha value is -2.99. The maximum Gasteiger partial charge on any atom is 0.231 e. The maximum atomic E-state index is 13.0. The molecule has 1 aromatic carbocycles. The molecule has 1 saturated heterocycles. The Morgan fingerprint density at radius 2 is 1.87 bits per heavy atom. The standard InChI is InChI=1S/C23H18ClNO5/c1-9-6-17(27)20-15(21(9)28)8-14-11(4-5-13-19(14)23(30)25-22(13)29)18(20)12-3-2-10(26)7-16(12)24/h2-4,6-7,13-14,18-19,26H,5,8H2,1H3,(H,25,29,30)/t13-,14+,18+,19-/m0/s1. The van der Waals surface area contributed by atoms with Crippen LogP contribution in [-0.4, -0.2) is 28.5 Å². The van der Waals surface area contributed by atoms with Crippen LogP contribution in [-0.2, 0) is 19.2 Å². The van der Waals surface area contributed by atoms with Gasteiger partial charge in [-0.1, -0.05) is 29.3 Å². The minimum absolute atomic E-state index is 0.00875. The van der Waals surface area contributed by atoms with E-state index in [-0.39, 0.29) is 46.5 Å². The lowest BCUT2D eigenvalue weighted by atomic mass is 9.59. The highest BCUT2D eigenvalue weighted by Crippen LogP contribution is 2.54. The summed E-state index contributed by atoms with van der Waals surface area (Å²) in [6, 6.07) is 4.53. The van der Waals surface area contributed by atoms with Crippen molar-refractivity contribution in [3.63, 3.8) is 0 Å². The lowest BCUT2D eigenvalue weighted by Crippen LogP contribution is -2.39. The number of imide groups is 1. The van der Waals surface area contributed by atoms with Crippen LogP contribution < -0.4 is 5.32 Å². The Kier molecular flexibility index (Phi) is 4.12. The van der Waals surface area contributed by atoms with Crippen molar-refractivity contribution in [2.75, 3.05) is 0 Å². The second kappa shape index (κ2) is 6.51. The van der Waals surface area contributed by atoms with E-state index in [2.05, 4.69) is 5.32 Å². The molecule has 3 aliphatic carbocycles. The number of rotatable bonds is 1. The van der Waals surface area contributed by atoms with E-state index in [4.69, 9.17) is 11.6 Å². The lowest BCUT2D eigenvalue weighted by molar-refractivity contribution is -0.126. The third-order valence-electron chi connectivity index (χ3n) is 6.70. The molecule has 0 unspecified atom stereocenters. The number of fused-ring (bicyclic) bond motifs is 3. The number of phenols is 1. The van der Waals surface area contributed by atoms with Crippen LogP contribution in [0.1, 0.15) is 31.2 Å². The van der Waals surface area contributed by atoms with Crippen molar-refractivity contribution in [2.45, 2.75) is 25.7 Å². The van der Waals surface area contributed by atoms with Crippen LogP contribution in [0.5, 0.6) is 5.75 Å². The van der Waals surface area contributed by atoms with E-state index in [1.165, 1.54) is 18.2 Å². The van der Waals surface area contributed by atoms with Gasteiger partial charge in [0.25, 0.3) is 0 Å². The minimum Gasteiger partial charge on any atom is -0.508 e. The monoisotopic (exact) mass is 423 g/mol. The molecule has 0 bridgehead atoms. The van der Waals surface area contributed by atoms with Crippen LogP contribution in [0.2, 0.25) is 5.02 Å². The Morgan fingerprint density at radius 1 is 1.10 bits per heavy atom. The molecule has 2 N–H and O–H groups in total. The highest BCUT2D eigenvalue weighted by molar-refractivity contribution is 6.32. The molecule has 2 amide bonds. The van der Waals surface area contributed by atoms with E-state index in [9.17, 15) is 24.3 Å². The zero-order chi connectivity index (χ0) is 21.3. The molecule has 1 fully saturated rings. The zero-order valence-corrected chi connectivity index (χ0v) is 16.8. The summed E-state index contributed by atoms with van der Waals surface area (Å²) >= 11 is 6.45. The predicted molar refractivity (Wildman–Crippen MR) is 108 cm³/mol. The van der Waals surface area contributed by atoms with Gasteiger partial charge in [-0.2, -0.15) is 0 Å². The van der Waals surface area contributed by atoms with Crippen LogP contribution in [0, 0.1) is 17.8 Å². The first-order chi connectivity index (χ1) is 14.3. The molecule has 5 rings (SSSR count).